The van der Waals surface area contributed by atoms with Gasteiger partial charge in [0.05, 0.1) is 6.54 Å². The molecule has 1 saturated heterocycles. The Bertz CT molecular complexity index is 611. The summed E-state index contributed by atoms with van der Waals surface area (Å²) in [5.74, 6) is 0.981. The molecule has 0 saturated carbocycles. The average Bonchev–Trinajstić information content (AvgIpc) is 3.15. The molecule has 1 aliphatic rings. The first-order valence-electron chi connectivity index (χ1n) is 7.58. The zero-order valence-corrected chi connectivity index (χ0v) is 13.8. The molecular weight excluding hydrogens is 301 g/mol. The summed E-state index contributed by atoms with van der Waals surface area (Å²) in [4.78, 5) is 11.0. The highest BCUT2D eigenvalue weighted by molar-refractivity contribution is 7.09. The van der Waals surface area contributed by atoms with Gasteiger partial charge in [-0.1, -0.05) is 0 Å². The van der Waals surface area contributed by atoms with Crippen LogP contribution in [0.15, 0.2) is 17.8 Å². The van der Waals surface area contributed by atoms with E-state index in [0.29, 0.717) is 19.5 Å². The highest BCUT2D eigenvalue weighted by Crippen LogP contribution is 2.22. The predicted molar refractivity (Wildman–Crippen MR) is 85.5 cm³/mol. The van der Waals surface area contributed by atoms with Gasteiger partial charge >= 0.3 is 0 Å². The van der Waals surface area contributed by atoms with Crippen LogP contribution < -0.4 is 5.32 Å². The van der Waals surface area contributed by atoms with Crippen molar-refractivity contribution >= 4 is 11.3 Å². The number of hydrogen-bond donors (Lipinski definition) is 1. The van der Waals surface area contributed by atoms with Gasteiger partial charge in [0, 0.05) is 56.2 Å². The number of hydrogen-bond acceptors (Lipinski definition) is 5. The number of alkyl halides is 1. The molecule has 1 fully saturated rings. The first-order valence-corrected chi connectivity index (χ1v) is 8.46. The Hall–Kier alpha value is -1.31. The van der Waals surface area contributed by atoms with Crippen LogP contribution in [0.2, 0.25) is 0 Å². The van der Waals surface area contributed by atoms with Gasteiger partial charge in [-0.3, -0.25) is 4.90 Å². The highest BCUT2D eigenvalue weighted by Gasteiger charge is 2.32. The molecule has 0 spiro atoms. The Morgan fingerprint density at radius 2 is 2.36 bits per heavy atom. The average molecular weight is 323 g/mol. The van der Waals surface area contributed by atoms with Crippen molar-refractivity contribution in [2.45, 2.75) is 38.6 Å². The smallest absolute Gasteiger partial charge is 0.122 e. The first kappa shape index (κ1) is 15.6. The lowest BCUT2D eigenvalue weighted by Crippen LogP contribution is -2.37. The van der Waals surface area contributed by atoms with Crippen LogP contribution in [0, 0.1) is 6.92 Å². The largest absolute Gasteiger partial charge is 0.337 e. The summed E-state index contributed by atoms with van der Waals surface area (Å²) >= 11 is 1.66. The lowest BCUT2D eigenvalue weighted by Gasteiger charge is -2.23. The Balaban J connectivity index is 1.53. The van der Waals surface area contributed by atoms with Gasteiger partial charge in [0.25, 0.3) is 0 Å². The molecule has 2 aromatic heterocycles. The molecule has 0 aromatic carbocycles. The number of nitrogens with zero attached hydrogens (tertiary/aromatic N) is 4. The van der Waals surface area contributed by atoms with Crippen LogP contribution >= 0.6 is 11.3 Å². The minimum atomic E-state index is -0.742. The number of aryl methyl sites for hydroxylation is 2. The van der Waals surface area contributed by atoms with Gasteiger partial charge < -0.3 is 9.88 Å². The first-order chi connectivity index (χ1) is 10.6. The second-order valence-corrected chi connectivity index (χ2v) is 6.83. The Morgan fingerprint density at radius 1 is 1.50 bits per heavy atom. The van der Waals surface area contributed by atoms with Crippen LogP contribution in [0.25, 0.3) is 0 Å². The number of likely N-dealkylation sites (tertiary alicyclic amines) is 1. The molecular formula is C15H22FN5S. The molecule has 1 aliphatic heterocycles. The zero-order chi connectivity index (χ0) is 15.5. The normalized spacial score (nSPS) is 22.5. The fourth-order valence-electron chi connectivity index (χ4n) is 2.89. The van der Waals surface area contributed by atoms with Crippen molar-refractivity contribution in [1.29, 1.82) is 0 Å². The van der Waals surface area contributed by atoms with E-state index < -0.39 is 6.17 Å². The van der Waals surface area contributed by atoms with E-state index in [4.69, 9.17) is 0 Å². The van der Waals surface area contributed by atoms with Crippen molar-refractivity contribution in [2.75, 3.05) is 13.1 Å². The molecule has 3 heterocycles. The predicted octanol–water partition coefficient (Wildman–Crippen LogP) is 1.89. The maximum atomic E-state index is 13.8. The molecule has 7 heteroatoms. The van der Waals surface area contributed by atoms with Crippen molar-refractivity contribution < 1.29 is 4.39 Å². The lowest BCUT2D eigenvalue weighted by molar-refractivity contribution is 0.223. The van der Waals surface area contributed by atoms with Gasteiger partial charge in [0.2, 0.25) is 0 Å². The van der Waals surface area contributed by atoms with Gasteiger partial charge in [0.15, 0.2) is 0 Å². The summed E-state index contributed by atoms with van der Waals surface area (Å²) in [7, 11) is 1.98. The number of aromatic nitrogens is 3. The van der Waals surface area contributed by atoms with Crippen molar-refractivity contribution in [3.63, 3.8) is 0 Å². The van der Waals surface area contributed by atoms with Gasteiger partial charge in [0.1, 0.15) is 17.0 Å². The second-order valence-electron chi connectivity index (χ2n) is 5.88. The number of thiazole rings is 1. The maximum Gasteiger partial charge on any atom is 0.122 e. The third kappa shape index (κ3) is 3.71. The van der Waals surface area contributed by atoms with E-state index in [1.807, 2.05) is 24.7 Å². The molecule has 5 nitrogen and oxygen atoms in total. The van der Waals surface area contributed by atoms with E-state index in [2.05, 4.69) is 25.6 Å². The fraction of sp³-hybridized carbons (Fsp3) is 0.600. The molecule has 2 atom stereocenters. The van der Waals surface area contributed by atoms with Gasteiger partial charge in [-0.05, 0) is 13.3 Å². The summed E-state index contributed by atoms with van der Waals surface area (Å²) in [6.07, 6.45) is 3.57. The van der Waals surface area contributed by atoms with Gasteiger partial charge in [-0.25, -0.2) is 14.4 Å². The van der Waals surface area contributed by atoms with Crippen molar-refractivity contribution in [2.24, 2.45) is 7.05 Å². The lowest BCUT2D eigenvalue weighted by atomic mass is 10.2. The maximum absolute atomic E-state index is 13.8. The van der Waals surface area contributed by atoms with E-state index in [1.54, 1.807) is 17.5 Å². The van der Waals surface area contributed by atoms with Crippen LogP contribution in [0.3, 0.4) is 0 Å². The Morgan fingerprint density at radius 3 is 3.05 bits per heavy atom. The van der Waals surface area contributed by atoms with E-state index in [-0.39, 0.29) is 6.04 Å². The minimum Gasteiger partial charge on any atom is -0.337 e. The topological polar surface area (TPSA) is 46.0 Å². The van der Waals surface area contributed by atoms with E-state index in [0.717, 1.165) is 29.6 Å². The van der Waals surface area contributed by atoms with E-state index in [9.17, 15) is 4.39 Å². The molecule has 0 amide bonds. The van der Waals surface area contributed by atoms with E-state index in [1.165, 1.54) is 0 Å². The molecule has 22 heavy (non-hydrogen) atoms. The SMILES string of the molecule is Cc1csc(CNC[C@@H]2C[C@H](F)CN2Cc2nccn2C)n1. The second kappa shape index (κ2) is 6.85. The molecule has 3 rings (SSSR count). The highest BCUT2D eigenvalue weighted by atomic mass is 32.1. The molecule has 0 radical (unpaired) electrons. The van der Waals surface area contributed by atoms with E-state index >= 15 is 0 Å². The minimum absolute atomic E-state index is 0.216. The molecule has 0 unspecified atom stereocenters. The number of imidazole rings is 1. The summed E-state index contributed by atoms with van der Waals surface area (Å²) in [6.45, 7) is 4.73. The number of rotatable bonds is 6. The van der Waals surface area contributed by atoms with Gasteiger partial charge in [-0.2, -0.15) is 0 Å². The van der Waals surface area contributed by atoms with Gasteiger partial charge in [-0.15, -0.1) is 11.3 Å². The summed E-state index contributed by atoms with van der Waals surface area (Å²) in [5, 5.41) is 6.55. The summed E-state index contributed by atoms with van der Waals surface area (Å²) in [6, 6.07) is 0.216. The summed E-state index contributed by atoms with van der Waals surface area (Å²) in [5.41, 5.74) is 1.06. The Kier molecular flexibility index (Phi) is 4.85. The van der Waals surface area contributed by atoms with Crippen LogP contribution in [0.5, 0.6) is 0 Å². The van der Waals surface area contributed by atoms with Crippen LogP contribution in [-0.4, -0.2) is 44.7 Å². The van der Waals surface area contributed by atoms with Crippen LogP contribution in [0.4, 0.5) is 4.39 Å². The molecule has 120 valence electrons. The van der Waals surface area contributed by atoms with Crippen LogP contribution in [0.1, 0.15) is 22.9 Å². The summed E-state index contributed by atoms with van der Waals surface area (Å²) < 4.78 is 15.8. The third-order valence-corrected chi connectivity index (χ3v) is 5.03. The molecule has 2 aromatic rings. The van der Waals surface area contributed by atoms with Crippen molar-refractivity contribution in [3.05, 3.63) is 34.3 Å². The number of halogens is 1. The molecule has 0 aliphatic carbocycles. The quantitative estimate of drug-likeness (QED) is 0.882. The number of nitrogens with one attached hydrogen (secondary N) is 1. The van der Waals surface area contributed by atoms with Crippen molar-refractivity contribution in [3.8, 4) is 0 Å². The molecule has 0 bridgehead atoms. The third-order valence-electron chi connectivity index (χ3n) is 4.07. The van der Waals surface area contributed by atoms with Crippen LogP contribution in [-0.2, 0) is 20.1 Å². The standard InChI is InChI=1S/C15H22FN5S/c1-11-10-22-15(19-11)7-17-6-13-5-12(16)8-21(13)9-14-18-3-4-20(14)2/h3-4,10,12-13,17H,5-9H2,1-2H3/t12-,13-/m0/s1. The molecule has 1 N–H and O–H groups in total. The fourth-order valence-corrected chi connectivity index (χ4v) is 3.63. The Labute approximate surface area is 134 Å². The monoisotopic (exact) mass is 323 g/mol. The zero-order valence-electron chi connectivity index (χ0n) is 13.0. The van der Waals surface area contributed by atoms with Crippen molar-refractivity contribution in [1.82, 2.24) is 24.8 Å².